The molecule has 0 heterocycles. The van der Waals surface area contributed by atoms with E-state index in [0.29, 0.717) is 18.0 Å². The largest absolute Gasteiger partial charge is 0.356 e. The van der Waals surface area contributed by atoms with E-state index in [9.17, 15) is 8.42 Å². The lowest BCUT2D eigenvalue weighted by Crippen LogP contribution is -2.37. The molecule has 136 valence electrons. The second kappa shape index (κ2) is 10.4. The SMILES string of the molecule is CN=C(NCCc1ccc(S(C)(=O)=O)cc1)NCc1ccccc1.I. The van der Waals surface area contributed by atoms with E-state index in [1.165, 1.54) is 11.8 Å². The van der Waals surface area contributed by atoms with Crippen molar-refractivity contribution in [3.63, 3.8) is 0 Å². The minimum atomic E-state index is -3.14. The third-order valence-corrected chi connectivity index (χ3v) is 4.71. The van der Waals surface area contributed by atoms with Crippen LogP contribution in [0.15, 0.2) is 64.5 Å². The second-order valence-corrected chi connectivity index (χ2v) is 7.52. The highest BCUT2D eigenvalue weighted by atomic mass is 127. The summed E-state index contributed by atoms with van der Waals surface area (Å²) >= 11 is 0. The molecule has 2 rings (SSSR count). The highest BCUT2D eigenvalue weighted by molar-refractivity contribution is 14.0. The van der Waals surface area contributed by atoms with Gasteiger partial charge in [0.2, 0.25) is 0 Å². The lowest BCUT2D eigenvalue weighted by molar-refractivity contribution is 0.602. The number of sulfone groups is 1. The van der Waals surface area contributed by atoms with Crippen LogP contribution in [0.3, 0.4) is 0 Å². The average Bonchev–Trinajstić information content (AvgIpc) is 2.58. The first-order chi connectivity index (χ1) is 11.5. The van der Waals surface area contributed by atoms with Crippen molar-refractivity contribution in [1.82, 2.24) is 10.6 Å². The first-order valence-electron chi connectivity index (χ1n) is 7.76. The Kier molecular flexibility index (Phi) is 8.91. The third kappa shape index (κ3) is 7.43. The summed E-state index contributed by atoms with van der Waals surface area (Å²) in [5, 5.41) is 6.51. The van der Waals surface area contributed by atoms with Gasteiger partial charge in [-0.1, -0.05) is 42.5 Å². The first-order valence-corrected chi connectivity index (χ1v) is 9.65. The highest BCUT2D eigenvalue weighted by Crippen LogP contribution is 2.10. The Morgan fingerprint density at radius 2 is 1.60 bits per heavy atom. The van der Waals surface area contributed by atoms with Gasteiger partial charge in [0.1, 0.15) is 0 Å². The van der Waals surface area contributed by atoms with Crippen LogP contribution in [-0.4, -0.2) is 34.2 Å². The van der Waals surface area contributed by atoms with Crippen LogP contribution in [0.25, 0.3) is 0 Å². The predicted octanol–water partition coefficient (Wildman–Crippen LogP) is 2.62. The van der Waals surface area contributed by atoms with E-state index in [-0.39, 0.29) is 24.0 Å². The van der Waals surface area contributed by atoms with Crippen molar-refractivity contribution in [3.05, 3.63) is 65.7 Å². The van der Waals surface area contributed by atoms with Crippen molar-refractivity contribution in [2.45, 2.75) is 17.9 Å². The van der Waals surface area contributed by atoms with Crippen molar-refractivity contribution >= 4 is 39.8 Å². The molecule has 0 aliphatic carbocycles. The van der Waals surface area contributed by atoms with Crippen LogP contribution in [0.2, 0.25) is 0 Å². The zero-order valence-electron chi connectivity index (χ0n) is 14.4. The molecule has 25 heavy (non-hydrogen) atoms. The molecule has 2 aromatic rings. The van der Waals surface area contributed by atoms with Crippen molar-refractivity contribution in [2.24, 2.45) is 4.99 Å². The molecule has 0 bridgehead atoms. The number of hydrogen-bond donors (Lipinski definition) is 2. The standard InChI is InChI=1S/C18H23N3O2S.HI/c1-19-18(21-14-16-6-4-3-5-7-16)20-13-12-15-8-10-17(11-9-15)24(2,22)23;/h3-11H,12-14H2,1-2H3,(H2,19,20,21);1H. The molecular formula is C18H24IN3O2S. The van der Waals surface area contributed by atoms with E-state index in [1.54, 1.807) is 19.2 Å². The molecule has 2 aromatic carbocycles. The summed E-state index contributed by atoms with van der Waals surface area (Å²) in [6.45, 7) is 1.43. The Hall–Kier alpha value is -1.61. The van der Waals surface area contributed by atoms with E-state index in [1.807, 2.05) is 30.3 Å². The molecule has 0 unspecified atom stereocenters. The molecule has 0 aromatic heterocycles. The van der Waals surface area contributed by atoms with Crippen LogP contribution in [0, 0.1) is 0 Å². The first kappa shape index (κ1) is 21.4. The Morgan fingerprint density at radius 3 is 2.16 bits per heavy atom. The van der Waals surface area contributed by atoms with Gasteiger partial charge < -0.3 is 10.6 Å². The maximum atomic E-state index is 11.4. The number of aliphatic imine (C=N–C) groups is 1. The van der Waals surface area contributed by atoms with Gasteiger partial charge in [-0.25, -0.2) is 8.42 Å². The minimum Gasteiger partial charge on any atom is -0.356 e. The van der Waals surface area contributed by atoms with E-state index in [2.05, 4.69) is 27.8 Å². The number of nitrogens with zero attached hydrogens (tertiary/aromatic N) is 1. The summed E-state index contributed by atoms with van der Waals surface area (Å²) in [5.41, 5.74) is 2.27. The number of guanidine groups is 1. The molecule has 0 aliphatic heterocycles. The molecule has 0 amide bonds. The van der Waals surface area contributed by atoms with Gasteiger partial charge in [0.25, 0.3) is 0 Å². The number of benzene rings is 2. The molecule has 0 aliphatic rings. The van der Waals surface area contributed by atoms with E-state index < -0.39 is 9.84 Å². The van der Waals surface area contributed by atoms with Gasteiger partial charge in [0.05, 0.1) is 4.90 Å². The Labute approximate surface area is 166 Å². The highest BCUT2D eigenvalue weighted by Gasteiger charge is 2.06. The van der Waals surface area contributed by atoms with Gasteiger partial charge in [-0.15, -0.1) is 24.0 Å². The number of rotatable bonds is 6. The van der Waals surface area contributed by atoms with Crippen molar-refractivity contribution in [1.29, 1.82) is 0 Å². The van der Waals surface area contributed by atoms with Crippen LogP contribution in [0.1, 0.15) is 11.1 Å². The zero-order chi connectivity index (χ0) is 17.4. The fourth-order valence-corrected chi connectivity index (χ4v) is 2.86. The monoisotopic (exact) mass is 473 g/mol. The Morgan fingerprint density at radius 1 is 0.960 bits per heavy atom. The van der Waals surface area contributed by atoms with Crippen molar-refractivity contribution in [3.8, 4) is 0 Å². The molecule has 0 radical (unpaired) electrons. The second-order valence-electron chi connectivity index (χ2n) is 5.50. The van der Waals surface area contributed by atoms with Crippen LogP contribution in [0.4, 0.5) is 0 Å². The fraction of sp³-hybridized carbons (Fsp3) is 0.278. The van der Waals surface area contributed by atoms with Gasteiger partial charge in [-0.3, -0.25) is 4.99 Å². The molecular weight excluding hydrogens is 449 g/mol. The van der Waals surface area contributed by atoms with Gasteiger partial charge >= 0.3 is 0 Å². The molecule has 0 saturated heterocycles. The molecule has 0 spiro atoms. The van der Waals surface area contributed by atoms with Crippen LogP contribution < -0.4 is 10.6 Å². The summed E-state index contributed by atoms with van der Waals surface area (Å²) in [4.78, 5) is 4.54. The van der Waals surface area contributed by atoms with E-state index in [4.69, 9.17) is 0 Å². The third-order valence-electron chi connectivity index (χ3n) is 3.58. The van der Waals surface area contributed by atoms with E-state index >= 15 is 0 Å². The number of halogens is 1. The number of nitrogens with one attached hydrogen (secondary N) is 2. The topological polar surface area (TPSA) is 70.6 Å². The summed E-state index contributed by atoms with van der Waals surface area (Å²) in [6.07, 6.45) is 2.00. The molecule has 0 fully saturated rings. The van der Waals surface area contributed by atoms with Gasteiger partial charge in [0, 0.05) is 26.4 Å². The molecule has 0 saturated carbocycles. The maximum absolute atomic E-state index is 11.4. The molecule has 7 heteroatoms. The van der Waals surface area contributed by atoms with Crippen molar-refractivity contribution < 1.29 is 8.42 Å². The normalized spacial score (nSPS) is 11.5. The summed E-state index contributed by atoms with van der Waals surface area (Å²) in [6, 6.07) is 17.1. The quantitative estimate of drug-likeness (QED) is 0.385. The maximum Gasteiger partial charge on any atom is 0.191 e. The van der Waals surface area contributed by atoms with Crippen molar-refractivity contribution in [2.75, 3.05) is 19.8 Å². The summed E-state index contributed by atoms with van der Waals surface area (Å²) in [7, 11) is -1.40. The molecule has 2 N–H and O–H groups in total. The fourth-order valence-electron chi connectivity index (χ4n) is 2.23. The Balaban J connectivity index is 0.00000312. The zero-order valence-corrected chi connectivity index (χ0v) is 17.5. The summed E-state index contributed by atoms with van der Waals surface area (Å²) in [5.74, 6) is 0.742. The molecule has 5 nitrogen and oxygen atoms in total. The van der Waals surface area contributed by atoms with Gasteiger partial charge in [-0.2, -0.15) is 0 Å². The van der Waals surface area contributed by atoms with E-state index in [0.717, 1.165) is 17.9 Å². The lowest BCUT2D eigenvalue weighted by Gasteiger charge is -2.12. The van der Waals surface area contributed by atoms with Gasteiger partial charge in [-0.05, 0) is 29.7 Å². The van der Waals surface area contributed by atoms with Crippen LogP contribution in [-0.2, 0) is 22.8 Å². The number of hydrogen-bond acceptors (Lipinski definition) is 3. The van der Waals surface area contributed by atoms with Gasteiger partial charge in [0.15, 0.2) is 15.8 Å². The van der Waals surface area contributed by atoms with Crippen LogP contribution >= 0.6 is 24.0 Å². The minimum absolute atomic E-state index is 0. The smallest absolute Gasteiger partial charge is 0.191 e. The summed E-state index contributed by atoms with van der Waals surface area (Å²) < 4.78 is 22.9. The predicted molar refractivity (Wildman–Crippen MR) is 113 cm³/mol. The Bertz CT molecular complexity index is 776. The lowest BCUT2D eigenvalue weighted by atomic mass is 10.1. The van der Waals surface area contributed by atoms with Crippen LogP contribution in [0.5, 0.6) is 0 Å². The molecule has 0 atom stereocenters. The average molecular weight is 473 g/mol.